The minimum Gasteiger partial charge on any atom is -0.495 e. The van der Waals surface area contributed by atoms with Crippen LogP contribution in [0.2, 0.25) is 0 Å². The van der Waals surface area contributed by atoms with Crippen molar-refractivity contribution in [3.8, 4) is 11.5 Å². The number of benzene rings is 2. The molecule has 1 amide bonds. The number of piperidine rings is 1. The highest BCUT2D eigenvalue weighted by Crippen LogP contribution is 2.42. The van der Waals surface area contributed by atoms with Crippen molar-refractivity contribution < 1.29 is 19.1 Å². The molecule has 2 aromatic carbocycles. The summed E-state index contributed by atoms with van der Waals surface area (Å²) < 4.78 is 12.6. The van der Waals surface area contributed by atoms with Gasteiger partial charge in [0.05, 0.1) is 34.4 Å². The topological polar surface area (TPSA) is 81.9 Å². The molecule has 1 aromatic heterocycles. The van der Waals surface area contributed by atoms with Gasteiger partial charge in [0.25, 0.3) is 5.91 Å². The fourth-order valence-electron chi connectivity index (χ4n) is 4.49. The minimum absolute atomic E-state index is 0.0793. The predicted molar refractivity (Wildman–Crippen MR) is 117 cm³/mol. The number of hydrogen-bond acceptors (Lipinski definition) is 6. The third-order valence-electron chi connectivity index (χ3n) is 6.10. The Kier molecular flexibility index (Phi) is 4.43. The van der Waals surface area contributed by atoms with Gasteiger partial charge < -0.3 is 20.1 Å². The van der Waals surface area contributed by atoms with E-state index in [4.69, 9.17) is 15.2 Å². The number of hydrogen-bond donors (Lipinski definition) is 1. The molecule has 5 rings (SSSR count). The first kappa shape index (κ1) is 18.9. The van der Waals surface area contributed by atoms with Crippen molar-refractivity contribution in [1.29, 1.82) is 0 Å². The van der Waals surface area contributed by atoms with E-state index >= 15 is 0 Å². The van der Waals surface area contributed by atoms with E-state index in [0.717, 1.165) is 10.1 Å². The first-order chi connectivity index (χ1) is 14.5. The number of carbonyl (C=O) groups excluding carboxylic acids is 2. The second-order valence-electron chi connectivity index (χ2n) is 7.85. The van der Waals surface area contributed by atoms with Gasteiger partial charge in [0, 0.05) is 31.3 Å². The third-order valence-corrected chi connectivity index (χ3v) is 7.15. The molecular formula is C23H22N2O4S. The molecule has 1 saturated heterocycles. The average molecular weight is 423 g/mol. The Balaban J connectivity index is 1.38. The number of thiophene rings is 1. The van der Waals surface area contributed by atoms with E-state index in [1.165, 1.54) is 11.3 Å². The summed E-state index contributed by atoms with van der Waals surface area (Å²) in [5.41, 5.74) is 6.89. The maximum absolute atomic E-state index is 13.3. The van der Waals surface area contributed by atoms with Crippen LogP contribution >= 0.6 is 11.3 Å². The molecule has 0 radical (unpaired) electrons. The van der Waals surface area contributed by atoms with Gasteiger partial charge in [-0.25, -0.2) is 0 Å². The summed E-state index contributed by atoms with van der Waals surface area (Å²) >= 11 is 1.37. The number of anilines is 1. The van der Waals surface area contributed by atoms with Gasteiger partial charge in [-0.05, 0) is 18.2 Å². The zero-order valence-electron chi connectivity index (χ0n) is 16.6. The van der Waals surface area contributed by atoms with Gasteiger partial charge in [-0.15, -0.1) is 11.3 Å². The fraction of sp³-hybridized carbons (Fsp3) is 0.304. The van der Waals surface area contributed by atoms with Crippen molar-refractivity contribution in [3.05, 3.63) is 53.6 Å². The van der Waals surface area contributed by atoms with E-state index in [0.29, 0.717) is 60.0 Å². The summed E-state index contributed by atoms with van der Waals surface area (Å²) in [6.45, 7) is 1.05. The number of para-hydroxylation sites is 1. The summed E-state index contributed by atoms with van der Waals surface area (Å²) in [6.07, 6.45) is 1.58. The Morgan fingerprint density at radius 3 is 2.70 bits per heavy atom. The van der Waals surface area contributed by atoms with Crippen molar-refractivity contribution in [2.45, 2.75) is 24.9 Å². The Hall–Kier alpha value is -3.06. The van der Waals surface area contributed by atoms with Crippen LogP contribution in [-0.2, 0) is 0 Å². The van der Waals surface area contributed by atoms with Crippen LogP contribution in [0.3, 0.4) is 0 Å². The molecule has 7 heteroatoms. The van der Waals surface area contributed by atoms with Crippen LogP contribution in [0.4, 0.5) is 5.00 Å². The van der Waals surface area contributed by atoms with Gasteiger partial charge in [0.1, 0.15) is 17.1 Å². The molecule has 1 fully saturated rings. The Labute approximate surface area is 178 Å². The number of carbonyl (C=O) groups is 2. The Morgan fingerprint density at radius 2 is 1.93 bits per heavy atom. The van der Waals surface area contributed by atoms with E-state index in [-0.39, 0.29) is 11.7 Å². The van der Waals surface area contributed by atoms with Crippen molar-refractivity contribution in [1.82, 2.24) is 4.90 Å². The van der Waals surface area contributed by atoms with Crippen molar-refractivity contribution >= 4 is 38.1 Å². The lowest BCUT2D eigenvalue weighted by Crippen LogP contribution is -2.52. The number of likely N-dealkylation sites (tertiary alicyclic amines) is 1. The van der Waals surface area contributed by atoms with Gasteiger partial charge in [0.15, 0.2) is 5.78 Å². The second kappa shape index (κ2) is 7.02. The van der Waals surface area contributed by atoms with E-state index in [2.05, 4.69) is 0 Å². The second-order valence-corrected chi connectivity index (χ2v) is 8.90. The highest BCUT2D eigenvalue weighted by molar-refractivity contribution is 7.23. The average Bonchev–Trinajstić information content (AvgIpc) is 3.09. The molecule has 2 aliphatic heterocycles. The molecule has 0 unspecified atom stereocenters. The third kappa shape index (κ3) is 2.92. The molecule has 3 heterocycles. The van der Waals surface area contributed by atoms with Gasteiger partial charge >= 0.3 is 0 Å². The molecule has 3 aromatic rings. The van der Waals surface area contributed by atoms with E-state index in [1.54, 1.807) is 7.11 Å². The molecule has 30 heavy (non-hydrogen) atoms. The van der Waals surface area contributed by atoms with Gasteiger partial charge in [-0.3, -0.25) is 9.59 Å². The number of Topliss-reactive ketones (excluding diaryl/α,β-unsaturated/α-hetero) is 1. The number of ketones is 1. The van der Waals surface area contributed by atoms with Crippen molar-refractivity contribution in [2.75, 3.05) is 25.9 Å². The molecule has 2 aliphatic rings. The fourth-order valence-corrected chi connectivity index (χ4v) is 5.54. The molecule has 0 atom stereocenters. The molecule has 154 valence electrons. The van der Waals surface area contributed by atoms with E-state index < -0.39 is 5.60 Å². The number of amides is 1. The summed E-state index contributed by atoms with van der Waals surface area (Å²) in [4.78, 5) is 27.8. The number of fused-ring (bicyclic) bond motifs is 2. The summed E-state index contributed by atoms with van der Waals surface area (Å²) in [5.74, 6) is 1.39. The first-order valence-electron chi connectivity index (χ1n) is 9.97. The van der Waals surface area contributed by atoms with Crippen LogP contribution in [0.1, 0.15) is 40.0 Å². The number of rotatable bonds is 2. The van der Waals surface area contributed by atoms with Crippen LogP contribution in [0, 0.1) is 0 Å². The molecule has 0 aliphatic carbocycles. The molecule has 0 bridgehead atoms. The predicted octanol–water partition coefficient (Wildman–Crippen LogP) is 4.13. The summed E-state index contributed by atoms with van der Waals surface area (Å²) in [5, 5.41) is 1.32. The van der Waals surface area contributed by atoms with Gasteiger partial charge in [0.2, 0.25) is 0 Å². The van der Waals surface area contributed by atoms with Crippen molar-refractivity contribution in [3.63, 3.8) is 0 Å². The van der Waals surface area contributed by atoms with Gasteiger partial charge in [-0.1, -0.05) is 24.3 Å². The lowest BCUT2D eigenvalue weighted by molar-refractivity contribution is -0.00561. The number of nitrogens with two attached hydrogens (primary N) is 1. The zero-order valence-corrected chi connectivity index (χ0v) is 17.5. The largest absolute Gasteiger partial charge is 0.495 e. The van der Waals surface area contributed by atoms with Crippen LogP contribution in [0.15, 0.2) is 42.5 Å². The van der Waals surface area contributed by atoms with Crippen molar-refractivity contribution in [2.24, 2.45) is 0 Å². The Bertz CT molecular complexity index is 1160. The smallest absolute Gasteiger partial charge is 0.257 e. The zero-order chi connectivity index (χ0) is 20.9. The molecule has 2 N–H and O–H groups in total. The minimum atomic E-state index is -0.534. The molecular weight excluding hydrogens is 400 g/mol. The highest BCUT2D eigenvalue weighted by Gasteiger charge is 2.44. The normalized spacial score (nSPS) is 17.6. The lowest BCUT2D eigenvalue weighted by Gasteiger charge is -2.44. The summed E-state index contributed by atoms with van der Waals surface area (Å²) in [6, 6.07) is 13.0. The number of nitrogens with zero attached hydrogens (tertiary/aromatic N) is 1. The molecule has 1 spiro atoms. The standard InChI is InChI=1S/C23H22N2O4S/c1-28-18-8-4-6-15-19(21(24)30-20(15)18)22(27)25-11-9-23(10-12-25)13-16(26)14-5-2-3-7-17(14)29-23/h2-8H,9-13,24H2,1H3. The number of ether oxygens (including phenoxy) is 2. The maximum Gasteiger partial charge on any atom is 0.257 e. The van der Waals surface area contributed by atoms with Crippen LogP contribution in [0.5, 0.6) is 11.5 Å². The van der Waals surface area contributed by atoms with Crippen LogP contribution < -0.4 is 15.2 Å². The lowest BCUT2D eigenvalue weighted by atomic mass is 9.82. The Morgan fingerprint density at radius 1 is 1.17 bits per heavy atom. The highest BCUT2D eigenvalue weighted by atomic mass is 32.1. The van der Waals surface area contributed by atoms with Crippen LogP contribution in [-0.4, -0.2) is 42.4 Å². The van der Waals surface area contributed by atoms with E-state index in [1.807, 2.05) is 47.4 Å². The first-order valence-corrected chi connectivity index (χ1v) is 10.8. The quantitative estimate of drug-likeness (QED) is 0.671. The SMILES string of the molecule is COc1cccc2c(C(=O)N3CCC4(CC3)CC(=O)c3ccccc3O4)c(N)sc12. The maximum atomic E-state index is 13.3. The van der Waals surface area contributed by atoms with E-state index in [9.17, 15) is 9.59 Å². The molecule has 6 nitrogen and oxygen atoms in total. The molecule has 0 saturated carbocycles. The number of nitrogen functional groups attached to an aromatic ring is 1. The summed E-state index contributed by atoms with van der Waals surface area (Å²) in [7, 11) is 1.61. The monoisotopic (exact) mass is 422 g/mol. The van der Waals surface area contributed by atoms with Crippen LogP contribution in [0.25, 0.3) is 10.1 Å². The number of methoxy groups -OCH3 is 1. The van der Waals surface area contributed by atoms with Gasteiger partial charge in [-0.2, -0.15) is 0 Å².